The molecule has 8 nitrogen and oxygen atoms in total. The molecule has 1 amide bonds. The number of halogens is 1. The van der Waals surface area contributed by atoms with E-state index in [4.69, 9.17) is 10.5 Å². The Hall–Kier alpha value is -3.20. The molecule has 9 heteroatoms. The molecule has 1 fully saturated rings. The topological polar surface area (TPSA) is 91.2 Å². The Morgan fingerprint density at radius 2 is 2.23 bits per heavy atom. The summed E-state index contributed by atoms with van der Waals surface area (Å²) in [5.74, 6) is -0.460. The van der Waals surface area contributed by atoms with Crippen molar-refractivity contribution in [1.82, 2.24) is 19.1 Å². The highest BCUT2D eigenvalue weighted by Gasteiger charge is 2.31. The Morgan fingerprint density at radius 3 is 2.92 bits per heavy atom. The first-order valence-corrected chi connectivity index (χ1v) is 8.11. The highest BCUT2D eigenvalue weighted by Crippen LogP contribution is 2.25. The summed E-state index contributed by atoms with van der Waals surface area (Å²) >= 11 is 0. The average molecular weight is 356 g/mol. The van der Waals surface area contributed by atoms with Crippen molar-refractivity contribution in [3.8, 4) is 5.69 Å². The van der Waals surface area contributed by atoms with Crippen LogP contribution >= 0.6 is 0 Å². The van der Waals surface area contributed by atoms with Crippen LogP contribution in [-0.2, 0) is 11.3 Å². The average Bonchev–Trinajstić information content (AvgIpc) is 3.36. The molecule has 2 N–H and O–H groups in total. The predicted octanol–water partition coefficient (Wildman–Crippen LogP) is 1.54. The van der Waals surface area contributed by atoms with Crippen LogP contribution in [0.5, 0.6) is 0 Å². The third kappa shape index (κ3) is 3.04. The van der Waals surface area contributed by atoms with E-state index in [2.05, 4.69) is 9.97 Å². The number of ether oxygens (including phenoxy) is 1. The highest BCUT2D eigenvalue weighted by atomic mass is 19.1. The molecule has 0 radical (unpaired) electrons. The fourth-order valence-corrected chi connectivity index (χ4v) is 2.87. The van der Waals surface area contributed by atoms with Crippen LogP contribution in [0.1, 0.15) is 5.69 Å². The predicted molar refractivity (Wildman–Crippen MR) is 91.5 cm³/mol. The van der Waals surface area contributed by atoms with Crippen LogP contribution in [0.3, 0.4) is 0 Å². The van der Waals surface area contributed by atoms with Crippen LogP contribution < -0.4 is 10.6 Å². The van der Waals surface area contributed by atoms with Crippen LogP contribution in [0, 0.1) is 5.82 Å². The molecule has 4 rings (SSSR count). The van der Waals surface area contributed by atoms with Crippen molar-refractivity contribution in [2.75, 3.05) is 18.0 Å². The van der Waals surface area contributed by atoms with Gasteiger partial charge in [0.2, 0.25) is 0 Å². The quantitative estimate of drug-likeness (QED) is 0.749. The summed E-state index contributed by atoms with van der Waals surface area (Å²) in [6, 6.07) is 4.59. The molecule has 1 atom stereocenters. The van der Waals surface area contributed by atoms with Gasteiger partial charge in [-0.3, -0.25) is 4.90 Å². The van der Waals surface area contributed by atoms with Gasteiger partial charge in [0.15, 0.2) is 0 Å². The molecule has 134 valence electrons. The molecule has 0 aliphatic carbocycles. The Balaban J connectivity index is 1.55. The van der Waals surface area contributed by atoms with Crippen LogP contribution in [0.4, 0.5) is 14.9 Å². The third-order valence-electron chi connectivity index (χ3n) is 4.20. The van der Waals surface area contributed by atoms with E-state index in [9.17, 15) is 9.18 Å². The number of aromatic nitrogens is 4. The maximum Gasteiger partial charge on any atom is 0.414 e. The van der Waals surface area contributed by atoms with Gasteiger partial charge in [-0.05, 0) is 18.2 Å². The molecular formula is C17H17FN6O2. The fourth-order valence-electron chi connectivity index (χ4n) is 2.87. The number of carbonyl (C=O) groups is 1. The lowest BCUT2D eigenvalue weighted by atomic mass is 10.2. The minimum atomic E-state index is -0.516. The zero-order valence-corrected chi connectivity index (χ0v) is 13.8. The number of carbonyl (C=O) groups excluding carboxylic acids is 1. The first-order valence-electron chi connectivity index (χ1n) is 8.11. The number of imidazole rings is 2. The molecule has 3 aromatic rings. The zero-order chi connectivity index (χ0) is 18.1. The molecule has 1 unspecified atom stereocenters. The van der Waals surface area contributed by atoms with E-state index >= 15 is 0 Å². The third-order valence-corrected chi connectivity index (χ3v) is 4.20. The van der Waals surface area contributed by atoms with Gasteiger partial charge in [-0.1, -0.05) is 0 Å². The summed E-state index contributed by atoms with van der Waals surface area (Å²) < 4.78 is 23.2. The number of hydrogen-bond acceptors (Lipinski definition) is 5. The van der Waals surface area contributed by atoms with E-state index in [-0.39, 0.29) is 12.6 Å². The van der Waals surface area contributed by atoms with Gasteiger partial charge in [0.1, 0.15) is 11.9 Å². The molecule has 26 heavy (non-hydrogen) atoms. The number of cyclic esters (lactones) is 1. The van der Waals surface area contributed by atoms with Crippen LogP contribution in [-0.4, -0.2) is 44.4 Å². The Morgan fingerprint density at radius 1 is 1.35 bits per heavy atom. The van der Waals surface area contributed by atoms with Gasteiger partial charge in [-0.15, -0.1) is 0 Å². The monoisotopic (exact) mass is 356 g/mol. The number of rotatable bonds is 5. The van der Waals surface area contributed by atoms with E-state index < -0.39 is 11.9 Å². The maximum absolute atomic E-state index is 14.6. The van der Waals surface area contributed by atoms with E-state index in [0.717, 1.165) is 5.69 Å². The standard InChI is InChI=1S/C17H17FN6O2/c18-15-5-13(24-9-14(6-19)26-17(24)25)1-2-16(15)23-8-12(21-11-23)7-22-4-3-20-10-22/h1-5,8,10-11,14H,6-7,9,19H2. The molecule has 2 aromatic heterocycles. The van der Waals surface area contributed by atoms with Crippen molar-refractivity contribution in [3.05, 3.63) is 61.0 Å². The molecular weight excluding hydrogens is 339 g/mol. The number of nitrogens with zero attached hydrogens (tertiary/aromatic N) is 5. The number of anilines is 1. The normalized spacial score (nSPS) is 16.9. The molecule has 1 aliphatic heterocycles. The Kier molecular flexibility index (Phi) is 4.13. The number of amides is 1. The Labute approximate surface area is 148 Å². The minimum absolute atomic E-state index is 0.234. The van der Waals surface area contributed by atoms with Crippen molar-refractivity contribution >= 4 is 11.8 Å². The van der Waals surface area contributed by atoms with Gasteiger partial charge in [0.05, 0.1) is 42.8 Å². The molecule has 0 saturated carbocycles. The number of nitrogens with two attached hydrogens (primary N) is 1. The second-order valence-electron chi connectivity index (χ2n) is 6.00. The lowest BCUT2D eigenvalue weighted by molar-refractivity contribution is 0.145. The summed E-state index contributed by atoms with van der Waals surface area (Å²) in [4.78, 5) is 21.5. The summed E-state index contributed by atoms with van der Waals surface area (Å²) in [6.45, 7) is 1.10. The number of benzene rings is 1. The second-order valence-corrected chi connectivity index (χ2v) is 6.00. The molecule has 3 heterocycles. The molecule has 1 aromatic carbocycles. The minimum Gasteiger partial charge on any atom is -0.443 e. The van der Waals surface area contributed by atoms with Crippen LogP contribution in [0.25, 0.3) is 5.69 Å². The summed E-state index contributed by atoms with van der Waals surface area (Å²) in [7, 11) is 0. The van der Waals surface area contributed by atoms with Crippen molar-refractivity contribution in [2.24, 2.45) is 5.73 Å². The summed E-state index contributed by atoms with van der Waals surface area (Å²) in [5, 5.41) is 0. The van der Waals surface area contributed by atoms with Gasteiger partial charge in [0, 0.05) is 25.1 Å². The van der Waals surface area contributed by atoms with E-state index in [0.29, 0.717) is 24.5 Å². The fraction of sp³-hybridized carbons (Fsp3) is 0.235. The lowest BCUT2D eigenvalue weighted by Gasteiger charge is -2.14. The summed E-state index contributed by atoms with van der Waals surface area (Å²) in [6.07, 6.45) is 7.64. The summed E-state index contributed by atoms with van der Waals surface area (Å²) in [5.41, 5.74) is 7.09. The SMILES string of the molecule is NCC1CN(c2ccc(-n3cnc(Cn4ccnc4)c3)c(F)c2)C(=O)O1. The molecule has 0 spiro atoms. The van der Waals surface area contributed by atoms with Gasteiger partial charge in [0.25, 0.3) is 0 Å². The van der Waals surface area contributed by atoms with Gasteiger partial charge >= 0.3 is 6.09 Å². The van der Waals surface area contributed by atoms with Crippen molar-refractivity contribution < 1.29 is 13.9 Å². The van der Waals surface area contributed by atoms with Gasteiger partial charge in [-0.2, -0.15) is 0 Å². The van der Waals surface area contributed by atoms with Crippen LogP contribution in [0.2, 0.25) is 0 Å². The molecule has 1 saturated heterocycles. The number of hydrogen-bond donors (Lipinski definition) is 1. The highest BCUT2D eigenvalue weighted by molar-refractivity contribution is 5.89. The van der Waals surface area contributed by atoms with Crippen molar-refractivity contribution in [1.29, 1.82) is 0 Å². The van der Waals surface area contributed by atoms with Gasteiger partial charge < -0.3 is 19.6 Å². The maximum atomic E-state index is 14.6. The van der Waals surface area contributed by atoms with Crippen molar-refractivity contribution in [2.45, 2.75) is 12.6 Å². The van der Waals surface area contributed by atoms with Crippen LogP contribution in [0.15, 0.2) is 49.4 Å². The van der Waals surface area contributed by atoms with E-state index in [1.165, 1.54) is 11.0 Å². The Bertz CT molecular complexity index is 923. The van der Waals surface area contributed by atoms with E-state index in [1.54, 1.807) is 41.7 Å². The van der Waals surface area contributed by atoms with Gasteiger partial charge in [-0.25, -0.2) is 19.2 Å². The largest absolute Gasteiger partial charge is 0.443 e. The molecule has 1 aliphatic rings. The first-order chi connectivity index (χ1) is 12.6. The zero-order valence-electron chi connectivity index (χ0n) is 13.8. The van der Waals surface area contributed by atoms with Crippen molar-refractivity contribution in [3.63, 3.8) is 0 Å². The van der Waals surface area contributed by atoms with E-state index in [1.807, 2.05) is 10.8 Å². The molecule has 0 bridgehead atoms. The second kappa shape index (κ2) is 6.60. The smallest absolute Gasteiger partial charge is 0.414 e. The lowest BCUT2D eigenvalue weighted by Crippen LogP contribution is -2.27. The first kappa shape index (κ1) is 16.3.